The number of carbonyl (C=O) groups excluding carboxylic acids is 1. The highest BCUT2D eigenvalue weighted by Crippen LogP contribution is 2.28. The predicted octanol–water partition coefficient (Wildman–Crippen LogP) is -0.279. The summed E-state index contributed by atoms with van der Waals surface area (Å²) in [4.78, 5) is 11.2. The van der Waals surface area contributed by atoms with Gasteiger partial charge in [-0.1, -0.05) is 11.6 Å². The molecule has 0 aliphatic heterocycles. The van der Waals surface area contributed by atoms with E-state index < -0.39 is 15.9 Å². The minimum absolute atomic E-state index is 0.00273. The van der Waals surface area contributed by atoms with Crippen LogP contribution in [0.15, 0.2) is 12.1 Å². The summed E-state index contributed by atoms with van der Waals surface area (Å²) in [6.07, 6.45) is 0. The molecule has 0 saturated carbocycles. The van der Waals surface area contributed by atoms with Crippen LogP contribution in [0.1, 0.15) is 10.4 Å². The van der Waals surface area contributed by atoms with Crippen LogP contribution in [0.3, 0.4) is 0 Å². The van der Waals surface area contributed by atoms with Crippen molar-refractivity contribution in [2.75, 3.05) is 23.3 Å². The smallest absolute Gasteiger partial charge is 0.250 e. The van der Waals surface area contributed by atoms with E-state index in [0.29, 0.717) is 0 Å². The van der Waals surface area contributed by atoms with Crippen molar-refractivity contribution in [1.82, 2.24) is 0 Å². The fourth-order valence-corrected chi connectivity index (χ4v) is 2.00. The van der Waals surface area contributed by atoms with Gasteiger partial charge < -0.3 is 16.8 Å². The Bertz CT molecular complexity index is 573. The van der Waals surface area contributed by atoms with E-state index in [2.05, 4.69) is 5.32 Å². The van der Waals surface area contributed by atoms with E-state index in [1.807, 2.05) is 0 Å². The number of hydrogen-bond acceptors (Lipinski definition) is 5. The summed E-state index contributed by atoms with van der Waals surface area (Å²) < 4.78 is 21.5. The third-order valence-electron chi connectivity index (χ3n) is 2.07. The summed E-state index contributed by atoms with van der Waals surface area (Å²) in [6.45, 7) is 0.00273. The number of benzene rings is 1. The van der Waals surface area contributed by atoms with Crippen molar-refractivity contribution in [2.24, 2.45) is 10.9 Å². The Labute approximate surface area is 109 Å². The first-order chi connectivity index (χ1) is 8.20. The van der Waals surface area contributed by atoms with Gasteiger partial charge in [0.15, 0.2) is 0 Å². The minimum Gasteiger partial charge on any atom is -0.399 e. The molecule has 1 aromatic rings. The average Bonchev–Trinajstić information content (AvgIpc) is 2.18. The van der Waals surface area contributed by atoms with Gasteiger partial charge in [-0.3, -0.25) is 4.79 Å². The molecule has 7 nitrogen and oxygen atoms in total. The molecular weight excluding hydrogens is 280 g/mol. The van der Waals surface area contributed by atoms with Crippen LogP contribution >= 0.6 is 11.6 Å². The number of nitrogen functional groups attached to an aromatic ring is 1. The van der Waals surface area contributed by atoms with Gasteiger partial charge in [0.25, 0.3) is 5.91 Å². The number of nitrogens with two attached hydrogens (primary N) is 3. The van der Waals surface area contributed by atoms with E-state index >= 15 is 0 Å². The number of primary amides is 1. The first-order valence-electron chi connectivity index (χ1n) is 4.84. The second kappa shape index (κ2) is 5.42. The van der Waals surface area contributed by atoms with Gasteiger partial charge in [0.05, 0.1) is 22.0 Å². The summed E-state index contributed by atoms with van der Waals surface area (Å²) in [7, 11) is -3.59. The normalized spacial score (nSPS) is 11.2. The molecule has 0 unspecified atom stereocenters. The molecule has 18 heavy (non-hydrogen) atoms. The molecule has 0 atom stereocenters. The fourth-order valence-electron chi connectivity index (χ4n) is 1.32. The number of halogens is 1. The van der Waals surface area contributed by atoms with Gasteiger partial charge in [-0.05, 0) is 12.1 Å². The molecule has 0 bridgehead atoms. The number of hydrogen-bond donors (Lipinski definition) is 4. The summed E-state index contributed by atoms with van der Waals surface area (Å²) in [5, 5.41) is 7.73. The molecule has 7 N–H and O–H groups in total. The molecule has 9 heteroatoms. The molecule has 0 fully saturated rings. The monoisotopic (exact) mass is 292 g/mol. The number of carbonyl (C=O) groups is 1. The standard InChI is InChI=1S/C9H13ClN4O3S/c10-7-4-5(11)3-6(9(12)15)8(7)14-1-2-18(13,16)17/h3-4,14H,1-2,11H2,(H2,12,15)(H2,13,16,17). The number of primary sulfonamides is 1. The van der Waals surface area contributed by atoms with Crippen LogP contribution in [-0.2, 0) is 10.0 Å². The van der Waals surface area contributed by atoms with E-state index in [4.69, 9.17) is 28.2 Å². The van der Waals surface area contributed by atoms with Crippen molar-refractivity contribution >= 4 is 38.9 Å². The third kappa shape index (κ3) is 4.06. The van der Waals surface area contributed by atoms with E-state index in [1.54, 1.807) is 0 Å². The molecular formula is C9H13ClN4O3S. The quantitative estimate of drug-likeness (QED) is 0.552. The average molecular weight is 293 g/mol. The maximum Gasteiger partial charge on any atom is 0.250 e. The van der Waals surface area contributed by atoms with E-state index in [1.165, 1.54) is 12.1 Å². The maximum absolute atomic E-state index is 11.2. The molecule has 0 aliphatic rings. The number of nitrogens with one attached hydrogen (secondary N) is 1. The van der Waals surface area contributed by atoms with Crippen LogP contribution in [0, 0.1) is 0 Å². The lowest BCUT2D eigenvalue weighted by Gasteiger charge is -2.12. The predicted molar refractivity (Wildman–Crippen MR) is 70.8 cm³/mol. The molecule has 1 rings (SSSR count). The topological polar surface area (TPSA) is 141 Å². The van der Waals surface area contributed by atoms with Crippen LogP contribution in [0.2, 0.25) is 5.02 Å². The van der Waals surface area contributed by atoms with Gasteiger partial charge in [0.1, 0.15) is 0 Å². The van der Waals surface area contributed by atoms with Crippen molar-refractivity contribution in [3.8, 4) is 0 Å². The lowest BCUT2D eigenvalue weighted by atomic mass is 10.1. The van der Waals surface area contributed by atoms with E-state index in [9.17, 15) is 13.2 Å². The Morgan fingerprint density at radius 3 is 2.50 bits per heavy atom. The number of amides is 1. The largest absolute Gasteiger partial charge is 0.399 e. The van der Waals surface area contributed by atoms with Gasteiger partial charge >= 0.3 is 0 Å². The van der Waals surface area contributed by atoms with Crippen LogP contribution in [-0.4, -0.2) is 26.6 Å². The van der Waals surface area contributed by atoms with Crippen LogP contribution in [0.4, 0.5) is 11.4 Å². The maximum atomic E-state index is 11.2. The molecule has 0 aliphatic carbocycles. The summed E-state index contributed by atoms with van der Waals surface area (Å²) in [5.74, 6) is -1.02. The van der Waals surface area contributed by atoms with Gasteiger partial charge in [-0.25, -0.2) is 13.6 Å². The third-order valence-corrected chi connectivity index (χ3v) is 3.14. The highest BCUT2D eigenvalue weighted by Gasteiger charge is 2.13. The molecule has 1 amide bonds. The molecule has 0 radical (unpaired) electrons. The Hall–Kier alpha value is -1.51. The highest BCUT2D eigenvalue weighted by molar-refractivity contribution is 7.89. The van der Waals surface area contributed by atoms with Crippen molar-refractivity contribution < 1.29 is 13.2 Å². The van der Waals surface area contributed by atoms with Crippen molar-refractivity contribution in [2.45, 2.75) is 0 Å². The second-order valence-electron chi connectivity index (χ2n) is 3.58. The molecule has 0 spiro atoms. The van der Waals surface area contributed by atoms with E-state index in [-0.39, 0.29) is 34.3 Å². The zero-order chi connectivity index (χ0) is 13.9. The lowest BCUT2D eigenvalue weighted by molar-refractivity contribution is 0.100. The van der Waals surface area contributed by atoms with Gasteiger partial charge in [-0.15, -0.1) is 0 Å². The van der Waals surface area contributed by atoms with Gasteiger partial charge in [0, 0.05) is 12.2 Å². The van der Waals surface area contributed by atoms with Crippen molar-refractivity contribution in [1.29, 1.82) is 0 Å². The molecule has 0 aromatic heterocycles. The van der Waals surface area contributed by atoms with Gasteiger partial charge in [-0.2, -0.15) is 0 Å². The van der Waals surface area contributed by atoms with E-state index in [0.717, 1.165) is 0 Å². The first kappa shape index (κ1) is 14.6. The SMILES string of the molecule is NC(=O)c1cc(N)cc(Cl)c1NCCS(N)(=O)=O. The summed E-state index contributed by atoms with van der Waals surface area (Å²) >= 11 is 5.90. The molecule has 1 aromatic carbocycles. The van der Waals surface area contributed by atoms with Crippen LogP contribution < -0.4 is 21.9 Å². The number of sulfonamides is 1. The fraction of sp³-hybridized carbons (Fsp3) is 0.222. The number of anilines is 2. The summed E-state index contributed by atoms with van der Waals surface area (Å²) in [6, 6.07) is 2.78. The minimum atomic E-state index is -3.59. The Kier molecular flexibility index (Phi) is 4.38. The first-order valence-corrected chi connectivity index (χ1v) is 6.93. The van der Waals surface area contributed by atoms with Gasteiger partial charge in [0.2, 0.25) is 10.0 Å². The second-order valence-corrected chi connectivity index (χ2v) is 5.72. The van der Waals surface area contributed by atoms with Crippen LogP contribution in [0.25, 0.3) is 0 Å². The molecule has 100 valence electrons. The highest BCUT2D eigenvalue weighted by atomic mass is 35.5. The zero-order valence-electron chi connectivity index (χ0n) is 9.31. The van der Waals surface area contributed by atoms with Crippen molar-refractivity contribution in [3.63, 3.8) is 0 Å². The zero-order valence-corrected chi connectivity index (χ0v) is 10.9. The molecule has 0 heterocycles. The molecule has 0 saturated heterocycles. The Balaban J connectivity index is 2.97. The lowest BCUT2D eigenvalue weighted by Crippen LogP contribution is -2.23. The Morgan fingerprint density at radius 1 is 1.39 bits per heavy atom. The van der Waals surface area contributed by atoms with Crippen molar-refractivity contribution in [3.05, 3.63) is 22.7 Å². The summed E-state index contributed by atoms with van der Waals surface area (Å²) in [5.41, 5.74) is 11.3. The Morgan fingerprint density at radius 2 is 2.00 bits per heavy atom. The number of rotatable bonds is 5. The van der Waals surface area contributed by atoms with Crippen LogP contribution in [0.5, 0.6) is 0 Å².